The predicted octanol–water partition coefficient (Wildman–Crippen LogP) is -0.476. The van der Waals surface area contributed by atoms with Gasteiger partial charge in [0.15, 0.2) is 0 Å². The summed E-state index contributed by atoms with van der Waals surface area (Å²) in [6.45, 7) is 0.958. The Labute approximate surface area is 94.3 Å². The van der Waals surface area contributed by atoms with Gasteiger partial charge >= 0.3 is 0 Å². The first-order chi connectivity index (χ1) is 7.50. The van der Waals surface area contributed by atoms with E-state index < -0.39 is 10.0 Å². The van der Waals surface area contributed by atoms with Crippen molar-refractivity contribution >= 4 is 15.7 Å². The third kappa shape index (κ3) is 4.30. The van der Waals surface area contributed by atoms with Crippen LogP contribution in [0.15, 0.2) is 41.4 Å². The molecule has 0 aliphatic carbocycles. The van der Waals surface area contributed by atoms with Gasteiger partial charge in [0.05, 0.1) is 4.90 Å². The average Bonchev–Trinajstić information content (AvgIpc) is 2.74. The second-order valence-electron chi connectivity index (χ2n) is 3.04. The van der Waals surface area contributed by atoms with Crippen molar-refractivity contribution in [3.8, 4) is 0 Å². The maximum atomic E-state index is 10.7. The lowest BCUT2D eigenvalue weighted by Crippen LogP contribution is -2.19. The summed E-state index contributed by atoms with van der Waals surface area (Å²) in [7, 11) is -3.58. The largest absolute Gasteiger partial charge is 0.399 e. The van der Waals surface area contributed by atoms with Crippen LogP contribution in [0.5, 0.6) is 0 Å². The number of benzene rings is 1. The molecule has 1 aromatic rings. The van der Waals surface area contributed by atoms with Crippen LogP contribution in [0.2, 0.25) is 0 Å². The van der Waals surface area contributed by atoms with Crippen LogP contribution < -0.4 is 21.7 Å². The first kappa shape index (κ1) is 12.5. The minimum absolute atomic E-state index is 0.0756. The van der Waals surface area contributed by atoms with E-state index in [-0.39, 0.29) is 4.90 Å². The third-order valence-corrected chi connectivity index (χ3v) is 2.66. The topological polar surface area (TPSA) is 110 Å². The van der Waals surface area contributed by atoms with E-state index in [2.05, 4.69) is 10.9 Å². The van der Waals surface area contributed by atoms with Crippen LogP contribution in [0, 0.1) is 0 Å². The second kappa shape index (κ2) is 5.50. The molecule has 0 bridgehead atoms. The van der Waals surface area contributed by atoms with Crippen molar-refractivity contribution in [3.05, 3.63) is 36.5 Å². The highest BCUT2D eigenvalue weighted by Gasteiger charge is 2.04. The lowest BCUT2D eigenvalue weighted by Gasteiger charge is -1.96. The second-order valence-corrected chi connectivity index (χ2v) is 4.60. The highest BCUT2D eigenvalue weighted by Crippen LogP contribution is 2.08. The van der Waals surface area contributed by atoms with E-state index in [1.807, 2.05) is 12.3 Å². The summed E-state index contributed by atoms with van der Waals surface area (Å²) >= 11 is 0. The molecular formula is C9H14N4O2S. The summed E-state index contributed by atoms with van der Waals surface area (Å²) in [6, 6.07) is 5.70. The Bertz CT molecular complexity index is 447. The quantitative estimate of drug-likeness (QED) is 0.497. The Morgan fingerprint density at radius 2 is 1.81 bits per heavy atom. The molecule has 0 spiro atoms. The molecule has 0 aromatic heterocycles. The molecule has 1 aliphatic heterocycles. The van der Waals surface area contributed by atoms with Crippen molar-refractivity contribution in [2.75, 3.05) is 12.3 Å². The van der Waals surface area contributed by atoms with Crippen LogP contribution in [0.1, 0.15) is 0 Å². The molecule has 0 atom stereocenters. The Morgan fingerprint density at radius 1 is 1.19 bits per heavy atom. The molecule has 16 heavy (non-hydrogen) atoms. The summed E-state index contributed by atoms with van der Waals surface area (Å²) in [5.41, 5.74) is 11.5. The Kier molecular flexibility index (Phi) is 4.29. The molecule has 0 radical (unpaired) electrons. The Balaban J connectivity index is 0.000000212. The third-order valence-electron chi connectivity index (χ3n) is 1.73. The number of nitrogens with two attached hydrogens (primary N) is 2. The van der Waals surface area contributed by atoms with E-state index >= 15 is 0 Å². The minimum Gasteiger partial charge on any atom is -0.399 e. The van der Waals surface area contributed by atoms with Gasteiger partial charge in [0, 0.05) is 18.4 Å². The number of hydrogen-bond acceptors (Lipinski definition) is 5. The van der Waals surface area contributed by atoms with Gasteiger partial charge < -0.3 is 11.2 Å². The van der Waals surface area contributed by atoms with Crippen molar-refractivity contribution in [1.82, 2.24) is 10.9 Å². The van der Waals surface area contributed by atoms with E-state index in [9.17, 15) is 8.42 Å². The number of nitrogens with one attached hydrogen (secondary N) is 2. The fraction of sp³-hybridized carbons (Fsp3) is 0.111. The smallest absolute Gasteiger partial charge is 0.238 e. The molecule has 0 unspecified atom stereocenters. The average molecular weight is 242 g/mol. The number of rotatable bonds is 1. The molecule has 2 rings (SSSR count). The van der Waals surface area contributed by atoms with Gasteiger partial charge in [0.25, 0.3) is 0 Å². The Morgan fingerprint density at radius 3 is 2.12 bits per heavy atom. The van der Waals surface area contributed by atoms with Crippen LogP contribution in [0.4, 0.5) is 5.69 Å². The highest BCUT2D eigenvalue weighted by molar-refractivity contribution is 7.89. The number of primary sulfonamides is 1. The summed E-state index contributed by atoms with van der Waals surface area (Å²) in [6.07, 6.45) is 3.89. The van der Waals surface area contributed by atoms with Gasteiger partial charge in [-0.15, -0.1) is 0 Å². The van der Waals surface area contributed by atoms with Crippen molar-refractivity contribution in [3.63, 3.8) is 0 Å². The van der Waals surface area contributed by atoms with Crippen molar-refractivity contribution in [1.29, 1.82) is 0 Å². The van der Waals surface area contributed by atoms with Crippen molar-refractivity contribution in [2.24, 2.45) is 5.14 Å². The number of hydrogen-bond donors (Lipinski definition) is 4. The van der Waals surface area contributed by atoms with E-state index in [1.165, 1.54) is 24.3 Å². The fourth-order valence-electron chi connectivity index (χ4n) is 0.952. The lowest BCUT2D eigenvalue weighted by atomic mass is 10.3. The van der Waals surface area contributed by atoms with Crippen LogP contribution in [-0.4, -0.2) is 15.0 Å². The van der Waals surface area contributed by atoms with Gasteiger partial charge in [-0.1, -0.05) is 6.08 Å². The zero-order valence-corrected chi connectivity index (χ0v) is 9.37. The van der Waals surface area contributed by atoms with Gasteiger partial charge in [-0.3, -0.25) is 0 Å². The van der Waals surface area contributed by atoms with E-state index in [0.717, 1.165) is 6.54 Å². The predicted molar refractivity (Wildman–Crippen MR) is 62.5 cm³/mol. The number of nitrogen functional groups attached to an aromatic ring is 1. The molecule has 7 heteroatoms. The lowest BCUT2D eigenvalue weighted by molar-refractivity contribution is 0.598. The summed E-state index contributed by atoms with van der Waals surface area (Å²) in [5.74, 6) is 0. The van der Waals surface area contributed by atoms with Gasteiger partial charge in [0.1, 0.15) is 0 Å². The van der Waals surface area contributed by atoms with E-state index in [4.69, 9.17) is 10.9 Å². The standard InChI is InChI=1S/C6H8N2O2S.C3H6N2/c7-5-1-3-6(4-2-5)11(8,9)10;1-2-4-5-3-1/h1-4H,7H2,(H2,8,9,10);1-2,4-5H,3H2. The first-order valence-electron chi connectivity index (χ1n) is 4.52. The van der Waals surface area contributed by atoms with Crippen LogP contribution in [0.3, 0.4) is 0 Å². The molecule has 0 saturated heterocycles. The maximum Gasteiger partial charge on any atom is 0.238 e. The molecular weight excluding hydrogens is 228 g/mol. The maximum absolute atomic E-state index is 10.7. The molecule has 0 saturated carbocycles. The SMILES string of the molecule is C1=CNNC1.Nc1ccc(S(N)(=O)=O)cc1. The summed E-state index contributed by atoms with van der Waals surface area (Å²) < 4.78 is 21.4. The Hall–Kier alpha value is -1.57. The number of sulfonamides is 1. The highest BCUT2D eigenvalue weighted by atomic mass is 32.2. The number of hydrazine groups is 1. The van der Waals surface area contributed by atoms with Gasteiger partial charge in [-0.05, 0) is 24.3 Å². The first-order valence-corrected chi connectivity index (χ1v) is 6.06. The zero-order chi connectivity index (χ0) is 12.0. The normalized spacial score (nSPS) is 13.8. The van der Waals surface area contributed by atoms with Gasteiger partial charge in [0.2, 0.25) is 10.0 Å². The number of anilines is 1. The molecule has 6 N–H and O–H groups in total. The molecule has 1 aromatic carbocycles. The summed E-state index contributed by atoms with van der Waals surface area (Å²) in [4.78, 5) is 0.0756. The molecule has 88 valence electrons. The van der Waals surface area contributed by atoms with Gasteiger partial charge in [-0.2, -0.15) is 0 Å². The van der Waals surface area contributed by atoms with Gasteiger partial charge in [-0.25, -0.2) is 19.0 Å². The minimum atomic E-state index is -3.58. The molecule has 1 heterocycles. The van der Waals surface area contributed by atoms with Crippen LogP contribution in [0.25, 0.3) is 0 Å². The monoisotopic (exact) mass is 242 g/mol. The van der Waals surface area contributed by atoms with Crippen molar-refractivity contribution in [2.45, 2.75) is 4.90 Å². The van der Waals surface area contributed by atoms with E-state index in [0.29, 0.717) is 5.69 Å². The summed E-state index contributed by atoms with van der Waals surface area (Å²) in [5, 5.41) is 4.84. The van der Waals surface area contributed by atoms with Crippen molar-refractivity contribution < 1.29 is 8.42 Å². The zero-order valence-electron chi connectivity index (χ0n) is 8.55. The van der Waals surface area contributed by atoms with Crippen LogP contribution in [-0.2, 0) is 10.0 Å². The van der Waals surface area contributed by atoms with E-state index in [1.54, 1.807) is 0 Å². The molecule has 6 nitrogen and oxygen atoms in total. The molecule has 1 aliphatic rings. The fourth-order valence-corrected chi connectivity index (χ4v) is 1.47. The van der Waals surface area contributed by atoms with Crippen LogP contribution >= 0.6 is 0 Å². The molecule has 0 amide bonds. The molecule has 0 fully saturated rings.